The summed E-state index contributed by atoms with van der Waals surface area (Å²) in [4.78, 5) is 0. The number of benzene rings is 8. The molecule has 0 aliphatic carbocycles. The third-order valence-corrected chi connectivity index (χ3v) is 11.1. The van der Waals surface area contributed by atoms with Gasteiger partial charge in [0.15, 0.2) is 0 Å². The topological polar surface area (TPSA) is 23.0 Å². The molecule has 0 unspecified atom stereocenters. The first kappa shape index (κ1) is 27.0. The number of hydrogen-bond acceptors (Lipinski definition) is 1. The van der Waals surface area contributed by atoms with Crippen molar-refractivity contribution in [3.05, 3.63) is 170 Å². The van der Waals surface area contributed by atoms with Gasteiger partial charge in [0.05, 0.1) is 27.8 Å². The highest BCUT2D eigenvalue weighted by Crippen LogP contribution is 2.47. The Labute approximate surface area is 292 Å². The van der Waals surface area contributed by atoms with Gasteiger partial charge in [0, 0.05) is 55.2 Å². The molecule has 4 heterocycles. The highest BCUT2D eigenvalue weighted by Gasteiger charge is 2.24. The number of hydrogen-bond donors (Lipinski definition) is 0. The highest BCUT2D eigenvalue weighted by molar-refractivity contribution is 6.19. The molecule has 236 valence electrons. The average molecular weight is 649 g/mol. The number of furan rings is 1. The van der Waals surface area contributed by atoms with Gasteiger partial charge in [-0.15, -0.1) is 0 Å². The van der Waals surface area contributed by atoms with Gasteiger partial charge in [0.2, 0.25) is 0 Å². The third-order valence-electron chi connectivity index (χ3n) is 11.1. The van der Waals surface area contributed by atoms with Gasteiger partial charge in [-0.3, -0.25) is 0 Å². The second-order valence-corrected chi connectivity index (χ2v) is 13.7. The largest absolute Gasteiger partial charge is 0.456 e. The van der Waals surface area contributed by atoms with E-state index in [1.54, 1.807) is 0 Å². The van der Waals surface area contributed by atoms with Crippen LogP contribution in [0.4, 0.5) is 0 Å². The molecule has 12 rings (SSSR count). The number of fused-ring (bicyclic) bond motifs is 14. The second kappa shape index (κ2) is 9.87. The van der Waals surface area contributed by atoms with Crippen molar-refractivity contribution < 1.29 is 4.42 Å². The molecule has 0 N–H and O–H groups in total. The van der Waals surface area contributed by atoms with Gasteiger partial charge >= 0.3 is 0 Å². The van der Waals surface area contributed by atoms with Gasteiger partial charge < -0.3 is 13.6 Å². The van der Waals surface area contributed by atoms with E-state index in [0.717, 1.165) is 33.1 Å². The second-order valence-electron chi connectivity index (χ2n) is 13.7. The zero-order chi connectivity index (χ0) is 33.2. The fourth-order valence-corrected chi connectivity index (χ4v) is 8.84. The minimum Gasteiger partial charge on any atom is -0.456 e. The summed E-state index contributed by atoms with van der Waals surface area (Å²) in [7, 11) is 0. The molecule has 8 aromatic carbocycles. The molecule has 0 bridgehead atoms. The Morgan fingerprint density at radius 2 is 0.941 bits per heavy atom. The Bertz CT molecular complexity index is 3250. The first-order valence-corrected chi connectivity index (χ1v) is 17.5. The first-order chi connectivity index (χ1) is 25.3. The van der Waals surface area contributed by atoms with E-state index >= 15 is 0 Å². The van der Waals surface area contributed by atoms with Gasteiger partial charge in [-0.2, -0.15) is 0 Å². The van der Waals surface area contributed by atoms with Crippen molar-refractivity contribution in [1.29, 1.82) is 0 Å². The fraction of sp³-hybridized carbons (Fsp3) is 0. The van der Waals surface area contributed by atoms with Crippen LogP contribution >= 0.6 is 0 Å². The smallest absolute Gasteiger partial charge is 0.137 e. The Morgan fingerprint density at radius 1 is 0.333 bits per heavy atom. The van der Waals surface area contributed by atoms with E-state index in [4.69, 9.17) is 4.42 Å². The lowest BCUT2D eigenvalue weighted by molar-refractivity contribution is 0.669. The molecule has 1 aliphatic rings. The summed E-state index contributed by atoms with van der Waals surface area (Å²) in [5.74, 6) is 0. The van der Waals surface area contributed by atoms with Crippen LogP contribution in [0.15, 0.2) is 174 Å². The summed E-state index contributed by atoms with van der Waals surface area (Å²) in [6.45, 7) is 0. The Balaban J connectivity index is 1.13. The molecule has 0 amide bonds. The van der Waals surface area contributed by atoms with Gasteiger partial charge in [0.25, 0.3) is 0 Å². The summed E-state index contributed by atoms with van der Waals surface area (Å²) in [5.41, 5.74) is 16.4. The summed E-state index contributed by atoms with van der Waals surface area (Å²) in [6, 6.07) is 61.9. The first-order valence-electron chi connectivity index (χ1n) is 17.5. The Hall–Kier alpha value is -6.84. The number of aromatic nitrogens is 2. The van der Waals surface area contributed by atoms with E-state index in [2.05, 4.69) is 173 Å². The van der Waals surface area contributed by atoms with Gasteiger partial charge in [0.1, 0.15) is 11.2 Å². The minimum absolute atomic E-state index is 0.905. The normalized spacial score (nSPS) is 12.3. The predicted octanol–water partition coefficient (Wildman–Crippen LogP) is 13.1. The lowest BCUT2D eigenvalue weighted by atomic mass is 9.93. The lowest BCUT2D eigenvalue weighted by Gasteiger charge is -2.12. The SMILES string of the molecule is c1ccc(-n2c3ccc(-c4ccc5c(c4)c4cccc6c4n5-c4ccccc4-c4ccccc4-6)cc3c3cc4c(cc32)oc2ccccc24)cc1. The summed E-state index contributed by atoms with van der Waals surface area (Å²) in [6.07, 6.45) is 0. The molecule has 0 atom stereocenters. The van der Waals surface area contributed by atoms with Crippen molar-refractivity contribution in [3.8, 4) is 44.8 Å². The van der Waals surface area contributed by atoms with E-state index in [-0.39, 0.29) is 0 Å². The maximum Gasteiger partial charge on any atom is 0.137 e. The van der Waals surface area contributed by atoms with Crippen LogP contribution in [-0.4, -0.2) is 9.13 Å². The third kappa shape index (κ3) is 3.62. The van der Waals surface area contributed by atoms with E-state index < -0.39 is 0 Å². The Kier molecular flexibility index (Phi) is 5.23. The Morgan fingerprint density at radius 3 is 1.76 bits per heavy atom. The molecule has 51 heavy (non-hydrogen) atoms. The van der Waals surface area contributed by atoms with Crippen molar-refractivity contribution in [1.82, 2.24) is 9.13 Å². The van der Waals surface area contributed by atoms with Gasteiger partial charge in [-0.05, 0) is 76.9 Å². The van der Waals surface area contributed by atoms with Crippen LogP contribution in [-0.2, 0) is 0 Å². The molecule has 3 nitrogen and oxygen atoms in total. The van der Waals surface area contributed by atoms with Crippen LogP contribution in [0.3, 0.4) is 0 Å². The molecule has 1 aliphatic heterocycles. The van der Waals surface area contributed by atoms with Crippen molar-refractivity contribution in [2.75, 3.05) is 0 Å². The van der Waals surface area contributed by atoms with Gasteiger partial charge in [-0.1, -0.05) is 109 Å². The van der Waals surface area contributed by atoms with Crippen LogP contribution in [0.1, 0.15) is 0 Å². The van der Waals surface area contributed by atoms with Crippen LogP contribution in [0, 0.1) is 0 Å². The molecule has 0 fully saturated rings. The van der Waals surface area contributed by atoms with E-state index in [1.165, 1.54) is 77.2 Å². The van der Waals surface area contributed by atoms with E-state index in [0.29, 0.717) is 0 Å². The summed E-state index contributed by atoms with van der Waals surface area (Å²) in [5, 5.41) is 7.26. The van der Waals surface area contributed by atoms with Crippen molar-refractivity contribution in [3.63, 3.8) is 0 Å². The lowest BCUT2D eigenvalue weighted by Crippen LogP contribution is -1.95. The van der Waals surface area contributed by atoms with Crippen molar-refractivity contribution in [2.45, 2.75) is 0 Å². The van der Waals surface area contributed by atoms with Crippen LogP contribution < -0.4 is 0 Å². The quantitative estimate of drug-likeness (QED) is 0.183. The van der Waals surface area contributed by atoms with E-state index in [9.17, 15) is 0 Å². The van der Waals surface area contributed by atoms with Crippen LogP contribution in [0.25, 0.3) is 110 Å². The van der Waals surface area contributed by atoms with Crippen molar-refractivity contribution in [2.24, 2.45) is 0 Å². The number of para-hydroxylation sites is 4. The molecular formula is C48H28N2O. The molecule has 3 aromatic heterocycles. The van der Waals surface area contributed by atoms with E-state index in [1.807, 2.05) is 6.07 Å². The zero-order valence-electron chi connectivity index (χ0n) is 27.5. The molecule has 0 radical (unpaired) electrons. The molecule has 0 saturated carbocycles. The molecule has 0 saturated heterocycles. The molecule has 3 heteroatoms. The van der Waals surface area contributed by atoms with Gasteiger partial charge in [-0.25, -0.2) is 0 Å². The van der Waals surface area contributed by atoms with Crippen LogP contribution in [0.2, 0.25) is 0 Å². The maximum atomic E-state index is 6.37. The highest BCUT2D eigenvalue weighted by atomic mass is 16.3. The fourth-order valence-electron chi connectivity index (χ4n) is 8.84. The molecule has 0 spiro atoms. The number of rotatable bonds is 2. The molecule has 11 aromatic rings. The minimum atomic E-state index is 0.905. The standard InChI is InChI=1S/C48H28N2O/c1-2-11-31(12-3-1)49-43-23-21-30(26-39(43)40-27-41-35-16-7-9-20-46(35)51-47(41)28-45(40)49)29-22-24-44-38(25-29)37-18-10-17-36-33-14-5-4-13-32(33)34-15-6-8-19-42(34)50(44)48(36)37/h1-28H. The van der Waals surface area contributed by atoms with Crippen molar-refractivity contribution >= 4 is 65.6 Å². The summed E-state index contributed by atoms with van der Waals surface area (Å²) >= 11 is 0. The summed E-state index contributed by atoms with van der Waals surface area (Å²) < 4.78 is 11.2. The zero-order valence-corrected chi connectivity index (χ0v) is 27.5. The predicted molar refractivity (Wildman–Crippen MR) is 212 cm³/mol. The van der Waals surface area contributed by atoms with Crippen LogP contribution in [0.5, 0.6) is 0 Å². The number of nitrogens with zero attached hydrogens (tertiary/aromatic N) is 2. The average Bonchev–Trinajstić information content (AvgIpc) is 3.81. The molecular weight excluding hydrogens is 621 g/mol. The monoisotopic (exact) mass is 648 g/mol. The maximum absolute atomic E-state index is 6.37.